The molecule has 150 valence electrons. The van der Waals surface area contributed by atoms with E-state index >= 15 is 0 Å². The second-order valence-corrected chi connectivity index (χ2v) is 6.62. The summed E-state index contributed by atoms with van der Waals surface area (Å²) in [5, 5.41) is 4.07. The van der Waals surface area contributed by atoms with Crippen LogP contribution >= 0.6 is 0 Å². The van der Waals surface area contributed by atoms with Crippen molar-refractivity contribution in [1.82, 2.24) is 5.43 Å². The third kappa shape index (κ3) is 7.82. The zero-order valence-corrected chi connectivity index (χ0v) is 16.8. The summed E-state index contributed by atoms with van der Waals surface area (Å²) in [7, 11) is 1.62. The van der Waals surface area contributed by atoms with Gasteiger partial charge in [0.2, 0.25) is 5.91 Å². The molecule has 0 spiro atoms. The van der Waals surface area contributed by atoms with Crippen LogP contribution in [-0.2, 0) is 11.2 Å². The molecule has 2 aromatic rings. The van der Waals surface area contributed by atoms with Gasteiger partial charge in [0.25, 0.3) is 0 Å². The molecule has 0 atom stereocenters. The Labute approximate surface area is 167 Å². The molecule has 0 bridgehead atoms. The molecular formula is C23H30N2O3. The van der Waals surface area contributed by atoms with Crippen molar-refractivity contribution >= 4 is 12.1 Å². The number of carbonyl (C=O) groups excluding carboxylic acids is 1. The Morgan fingerprint density at radius 2 is 1.79 bits per heavy atom. The standard InChI is InChI=1S/C23H30N2O3/c1-3-4-5-6-9-16-28-22-11-8-7-10-20(22)18-24-25-23(26)17-19-12-14-21(27-2)15-13-19/h7-8,10-15,18H,3-6,9,16-17H2,1-2H3,(H,25,26)/b24-18-. The third-order valence-electron chi connectivity index (χ3n) is 4.34. The van der Waals surface area contributed by atoms with Crippen LogP contribution < -0.4 is 14.9 Å². The highest BCUT2D eigenvalue weighted by Gasteiger charge is 2.04. The summed E-state index contributed by atoms with van der Waals surface area (Å²) in [6.07, 6.45) is 7.89. The first-order chi connectivity index (χ1) is 13.7. The van der Waals surface area contributed by atoms with Gasteiger partial charge in [-0.15, -0.1) is 0 Å². The number of rotatable bonds is 12. The van der Waals surface area contributed by atoms with Crippen molar-refractivity contribution < 1.29 is 14.3 Å². The van der Waals surface area contributed by atoms with Crippen LogP contribution in [0.15, 0.2) is 53.6 Å². The van der Waals surface area contributed by atoms with Crippen molar-refractivity contribution in [3.8, 4) is 11.5 Å². The van der Waals surface area contributed by atoms with Gasteiger partial charge < -0.3 is 9.47 Å². The summed E-state index contributed by atoms with van der Waals surface area (Å²) >= 11 is 0. The normalized spacial score (nSPS) is 10.8. The van der Waals surface area contributed by atoms with Crippen molar-refractivity contribution in [3.05, 3.63) is 59.7 Å². The Hall–Kier alpha value is -2.82. The van der Waals surface area contributed by atoms with E-state index < -0.39 is 0 Å². The number of ether oxygens (including phenoxy) is 2. The lowest BCUT2D eigenvalue weighted by atomic mass is 10.1. The molecule has 0 fully saturated rings. The lowest BCUT2D eigenvalue weighted by molar-refractivity contribution is -0.120. The molecule has 5 nitrogen and oxygen atoms in total. The molecule has 0 aliphatic rings. The number of benzene rings is 2. The second-order valence-electron chi connectivity index (χ2n) is 6.62. The van der Waals surface area contributed by atoms with Crippen LogP contribution in [0.2, 0.25) is 0 Å². The van der Waals surface area contributed by atoms with Crippen molar-refractivity contribution in [2.75, 3.05) is 13.7 Å². The van der Waals surface area contributed by atoms with Crippen LogP contribution in [0, 0.1) is 0 Å². The first-order valence-electron chi connectivity index (χ1n) is 9.89. The molecule has 0 radical (unpaired) electrons. The van der Waals surface area contributed by atoms with E-state index in [1.165, 1.54) is 25.7 Å². The van der Waals surface area contributed by atoms with Gasteiger partial charge in [0.05, 0.1) is 26.4 Å². The lowest BCUT2D eigenvalue weighted by Gasteiger charge is -2.08. The average molecular weight is 383 g/mol. The smallest absolute Gasteiger partial charge is 0.244 e. The average Bonchev–Trinajstić information content (AvgIpc) is 2.72. The molecule has 0 aromatic heterocycles. The van der Waals surface area contributed by atoms with E-state index in [0.29, 0.717) is 6.61 Å². The molecule has 1 N–H and O–H groups in total. The maximum absolute atomic E-state index is 12.1. The summed E-state index contributed by atoms with van der Waals surface area (Å²) in [4.78, 5) is 12.1. The van der Waals surface area contributed by atoms with Gasteiger partial charge in [-0.3, -0.25) is 4.79 Å². The topological polar surface area (TPSA) is 59.9 Å². The maximum Gasteiger partial charge on any atom is 0.244 e. The highest BCUT2D eigenvalue weighted by Crippen LogP contribution is 2.16. The molecule has 5 heteroatoms. The van der Waals surface area contributed by atoms with Crippen LogP contribution in [-0.4, -0.2) is 25.8 Å². The zero-order chi connectivity index (χ0) is 20.0. The summed E-state index contributed by atoms with van der Waals surface area (Å²) < 4.78 is 11.0. The van der Waals surface area contributed by atoms with Crippen LogP contribution in [0.1, 0.15) is 50.2 Å². The molecule has 28 heavy (non-hydrogen) atoms. The molecule has 0 aliphatic heterocycles. The number of hydrogen-bond donors (Lipinski definition) is 1. The van der Waals surface area contributed by atoms with Crippen molar-refractivity contribution in [3.63, 3.8) is 0 Å². The highest BCUT2D eigenvalue weighted by molar-refractivity contribution is 5.85. The van der Waals surface area contributed by atoms with Gasteiger partial charge in [-0.2, -0.15) is 5.10 Å². The second kappa shape index (κ2) is 12.5. The van der Waals surface area contributed by atoms with Gasteiger partial charge in [0.1, 0.15) is 11.5 Å². The number of unbranched alkanes of at least 4 members (excludes halogenated alkanes) is 4. The van der Waals surface area contributed by atoms with Crippen LogP contribution in [0.3, 0.4) is 0 Å². The minimum absolute atomic E-state index is 0.171. The maximum atomic E-state index is 12.1. The van der Waals surface area contributed by atoms with Gasteiger partial charge in [0, 0.05) is 5.56 Å². The quantitative estimate of drug-likeness (QED) is 0.328. The molecule has 0 saturated heterocycles. The summed E-state index contributed by atoms with van der Waals surface area (Å²) in [6.45, 7) is 2.90. The number of methoxy groups -OCH3 is 1. The summed E-state index contributed by atoms with van der Waals surface area (Å²) in [6, 6.07) is 15.1. The predicted molar refractivity (Wildman–Crippen MR) is 113 cm³/mol. The van der Waals surface area contributed by atoms with Crippen molar-refractivity contribution in [2.45, 2.75) is 45.4 Å². The Kier molecular flexibility index (Phi) is 9.62. The van der Waals surface area contributed by atoms with E-state index in [4.69, 9.17) is 9.47 Å². The molecule has 0 saturated carbocycles. The molecule has 1 amide bonds. The van der Waals surface area contributed by atoms with Crippen molar-refractivity contribution in [2.24, 2.45) is 5.10 Å². The highest BCUT2D eigenvalue weighted by atomic mass is 16.5. The van der Waals surface area contributed by atoms with Gasteiger partial charge in [0.15, 0.2) is 0 Å². The van der Waals surface area contributed by atoms with E-state index in [1.807, 2.05) is 48.5 Å². The largest absolute Gasteiger partial charge is 0.497 e. The lowest BCUT2D eigenvalue weighted by Crippen LogP contribution is -2.19. The number of carbonyl (C=O) groups is 1. The van der Waals surface area contributed by atoms with E-state index in [1.54, 1.807) is 13.3 Å². The van der Waals surface area contributed by atoms with E-state index in [0.717, 1.165) is 29.0 Å². The molecule has 0 heterocycles. The minimum Gasteiger partial charge on any atom is -0.497 e. The monoisotopic (exact) mass is 382 g/mol. The number of para-hydroxylation sites is 1. The van der Waals surface area contributed by atoms with Gasteiger partial charge in [-0.05, 0) is 36.2 Å². The molecule has 2 aromatic carbocycles. The number of hydrazone groups is 1. The van der Waals surface area contributed by atoms with Crippen LogP contribution in [0.5, 0.6) is 11.5 Å². The van der Waals surface area contributed by atoms with Gasteiger partial charge >= 0.3 is 0 Å². The Morgan fingerprint density at radius 3 is 2.54 bits per heavy atom. The number of hydrogen-bond acceptors (Lipinski definition) is 4. The van der Waals surface area contributed by atoms with E-state index in [2.05, 4.69) is 17.5 Å². The van der Waals surface area contributed by atoms with E-state index in [9.17, 15) is 4.79 Å². The Bertz CT molecular complexity index is 742. The van der Waals surface area contributed by atoms with Gasteiger partial charge in [-0.1, -0.05) is 56.9 Å². The molecular weight excluding hydrogens is 352 g/mol. The fraction of sp³-hybridized carbons (Fsp3) is 0.391. The van der Waals surface area contributed by atoms with Crippen LogP contribution in [0.25, 0.3) is 0 Å². The number of nitrogens with one attached hydrogen (secondary N) is 1. The minimum atomic E-state index is -0.171. The first-order valence-corrected chi connectivity index (χ1v) is 9.89. The fourth-order valence-electron chi connectivity index (χ4n) is 2.75. The molecule has 0 unspecified atom stereocenters. The predicted octanol–water partition coefficient (Wildman–Crippen LogP) is 4.74. The van der Waals surface area contributed by atoms with Gasteiger partial charge in [-0.25, -0.2) is 5.43 Å². The van der Waals surface area contributed by atoms with Crippen LogP contribution in [0.4, 0.5) is 0 Å². The molecule has 2 rings (SSSR count). The Morgan fingerprint density at radius 1 is 1.04 bits per heavy atom. The van der Waals surface area contributed by atoms with E-state index in [-0.39, 0.29) is 12.3 Å². The number of nitrogens with zero attached hydrogens (tertiary/aromatic N) is 1. The first kappa shape index (κ1) is 21.5. The Balaban J connectivity index is 1.80. The third-order valence-corrected chi connectivity index (χ3v) is 4.34. The fourth-order valence-corrected chi connectivity index (χ4v) is 2.75. The number of amides is 1. The van der Waals surface area contributed by atoms with Crippen molar-refractivity contribution in [1.29, 1.82) is 0 Å². The zero-order valence-electron chi connectivity index (χ0n) is 16.8. The summed E-state index contributed by atoms with van der Waals surface area (Å²) in [5.74, 6) is 1.38. The SMILES string of the molecule is CCCCCCCOc1ccccc1/C=N\NC(=O)Cc1ccc(OC)cc1. The summed E-state index contributed by atoms with van der Waals surface area (Å²) in [5.41, 5.74) is 4.32. The molecule has 0 aliphatic carbocycles.